The number of benzene rings is 1. The van der Waals surface area contributed by atoms with Crippen LogP contribution >= 0.6 is 11.8 Å². The van der Waals surface area contributed by atoms with Gasteiger partial charge >= 0.3 is 5.97 Å². The number of nitrogens with zero attached hydrogens (tertiary/aromatic N) is 1. The van der Waals surface area contributed by atoms with Crippen molar-refractivity contribution in [1.82, 2.24) is 4.31 Å². The smallest absolute Gasteiger partial charge is 0.328 e. The number of aliphatic carboxylic acids is 1. The summed E-state index contributed by atoms with van der Waals surface area (Å²) in [6, 6.07) is 6.34. The van der Waals surface area contributed by atoms with Crippen LogP contribution in [0.5, 0.6) is 0 Å². The van der Waals surface area contributed by atoms with E-state index < -0.39 is 16.0 Å². The Bertz CT molecular complexity index is 655. The Morgan fingerprint density at radius 2 is 2.24 bits per heavy atom. The minimum absolute atomic E-state index is 0.203. The van der Waals surface area contributed by atoms with E-state index in [9.17, 15) is 13.2 Å². The SMILES string of the molecule is CC1CN(S(=O)(=O)c2cccc(/C=C/C(=O)O)c2)CCS1. The number of thioether (sulfide) groups is 1. The van der Waals surface area contributed by atoms with Gasteiger partial charge in [-0.2, -0.15) is 16.1 Å². The molecule has 1 saturated heterocycles. The van der Waals surface area contributed by atoms with Gasteiger partial charge in [0.05, 0.1) is 4.90 Å². The van der Waals surface area contributed by atoms with Gasteiger partial charge in [-0.15, -0.1) is 0 Å². The van der Waals surface area contributed by atoms with E-state index in [2.05, 4.69) is 0 Å². The van der Waals surface area contributed by atoms with Crippen molar-refractivity contribution in [3.05, 3.63) is 35.9 Å². The zero-order chi connectivity index (χ0) is 15.5. The maximum Gasteiger partial charge on any atom is 0.328 e. The molecule has 0 radical (unpaired) electrons. The molecule has 1 aromatic rings. The molecule has 0 saturated carbocycles. The highest BCUT2D eigenvalue weighted by atomic mass is 32.2. The highest BCUT2D eigenvalue weighted by Gasteiger charge is 2.28. The summed E-state index contributed by atoms with van der Waals surface area (Å²) >= 11 is 1.77. The number of hydrogen-bond acceptors (Lipinski definition) is 4. The minimum Gasteiger partial charge on any atom is -0.478 e. The molecular formula is C14H17NO4S2. The molecular weight excluding hydrogens is 310 g/mol. The van der Waals surface area contributed by atoms with Crippen LogP contribution in [0.4, 0.5) is 0 Å². The summed E-state index contributed by atoms with van der Waals surface area (Å²) in [5, 5.41) is 8.90. The van der Waals surface area contributed by atoms with E-state index in [4.69, 9.17) is 5.11 Å². The molecule has 0 aromatic heterocycles. The van der Waals surface area contributed by atoms with E-state index in [1.807, 2.05) is 6.92 Å². The van der Waals surface area contributed by atoms with Crippen LogP contribution in [-0.4, -0.2) is 47.9 Å². The molecule has 114 valence electrons. The first-order chi connectivity index (χ1) is 9.89. The normalized spacial score (nSPS) is 20.7. The third kappa shape index (κ3) is 4.09. The Balaban J connectivity index is 2.27. The molecule has 21 heavy (non-hydrogen) atoms. The van der Waals surface area contributed by atoms with Crippen LogP contribution < -0.4 is 0 Å². The molecule has 1 atom stereocenters. The van der Waals surface area contributed by atoms with E-state index in [0.717, 1.165) is 11.8 Å². The van der Waals surface area contributed by atoms with Crippen LogP contribution in [0, 0.1) is 0 Å². The number of hydrogen-bond donors (Lipinski definition) is 1. The van der Waals surface area contributed by atoms with E-state index in [-0.39, 0.29) is 10.1 Å². The largest absolute Gasteiger partial charge is 0.478 e. The van der Waals surface area contributed by atoms with Gasteiger partial charge < -0.3 is 5.11 Å². The molecule has 7 heteroatoms. The quantitative estimate of drug-likeness (QED) is 0.855. The Hall–Kier alpha value is -1.31. The first-order valence-corrected chi connectivity index (χ1v) is 9.01. The topological polar surface area (TPSA) is 74.7 Å². The molecule has 1 aromatic carbocycles. The summed E-state index contributed by atoms with van der Waals surface area (Å²) in [7, 11) is -3.52. The summed E-state index contributed by atoms with van der Waals surface area (Å²) < 4.78 is 26.7. The van der Waals surface area contributed by atoms with Gasteiger partial charge in [0.25, 0.3) is 0 Å². The summed E-state index contributed by atoms with van der Waals surface area (Å²) in [5.74, 6) is -0.274. The number of carboxylic acid groups (broad SMARTS) is 1. The zero-order valence-electron chi connectivity index (χ0n) is 11.6. The standard InChI is InChI=1S/C14H17NO4S2/c1-11-10-15(7-8-20-11)21(18,19)13-4-2-3-12(9-13)5-6-14(16)17/h2-6,9,11H,7-8,10H2,1H3,(H,16,17)/b6-5+. The maximum atomic E-state index is 12.6. The molecule has 1 unspecified atom stereocenters. The summed E-state index contributed by atoms with van der Waals surface area (Å²) in [6.45, 7) is 3.02. The lowest BCUT2D eigenvalue weighted by Crippen LogP contribution is -2.40. The van der Waals surface area contributed by atoms with Gasteiger partial charge in [-0.3, -0.25) is 0 Å². The van der Waals surface area contributed by atoms with Crippen molar-refractivity contribution >= 4 is 33.8 Å². The van der Waals surface area contributed by atoms with Crippen molar-refractivity contribution < 1.29 is 18.3 Å². The molecule has 0 aliphatic carbocycles. The van der Waals surface area contributed by atoms with Crippen LogP contribution in [0.15, 0.2) is 35.2 Å². The van der Waals surface area contributed by atoms with Gasteiger partial charge in [0.15, 0.2) is 0 Å². The summed E-state index contributed by atoms with van der Waals surface area (Å²) in [5.41, 5.74) is 0.554. The molecule has 1 N–H and O–H groups in total. The molecule has 5 nitrogen and oxygen atoms in total. The van der Waals surface area contributed by atoms with E-state index in [1.54, 1.807) is 30.0 Å². The predicted molar refractivity (Wildman–Crippen MR) is 83.8 cm³/mol. The monoisotopic (exact) mass is 327 g/mol. The van der Waals surface area contributed by atoms with Crippen molar-refractivity contribution in [2.45, 2.75) is 17.1 Å². The lowest BCUT2D eigenvalue weighted by atomic mass is 10.2. The Morgan fingerprint density at radius 1 is 1.48 bits per heavy atom. The lowest BCUT2D eigenvalue weighted by Gasteiger charge is -2.29. The first kappa shape index (κ1) is 16.1. The minimum atomic E-state index is -3.52. The molecule has 0 amide bonds. The molecule has 1 heterocycles. The molecule has 1 aliphatic rings. The van der Waals surface area contributed by atoms with Gasteiger partial charge in [-0.25, -0.2) is 13.2 Å². The molecule has 0 spiro atoms. The lowest BCUT2D eigenvalue weighted by molar-refractivity contribution is -0.131. The van der Waals surface area contributed by atoms with Crippen molar-refractivity contribution in [2.75, 3.05) is 18.8 Å². The Morgan fingerprint density at radius 3 is 2.90 bits per heavy atom. The highest BCUT2D eigenvalue weighted by Crippen LogP contribution is 2.24. The van der Waals surface area contributed by atoms with Gasteiger partial charge in [-0.1, -0.05) is 19.1 Å². The number of carboxylic acids is 1. The van der Waals surface area contributed by atoms with Crippen molar-refractivity contribution in [3.8, 4) is 0 Å². The van der Waals surface area contributed by atoms with Crippen LogP contribution in [0.2, 0.25) is 0 Å². The highest BCUT2D eigenvalue weighted by molar-refractivity contribution is 8.00. The first-order valence-electron chi connectivity index (χ1n) is 6.52. The number of carbonyl (C=O) groups is 1. The molecule has 0 bridgehead atoms. The molecule has 2 rings (SSSR count). The molecule has 1 fully saturated rings. The van der Waals surface area contributed by atoms with E-state index >= 15 is 0 Å². The van der Waals surface area contributed by atoms with Gasteiger partial charge in [-0.05, 0) is 23.8 Å². The predicted octanol–water partition coefficient (Wildman–Crippen LogP) is 1.91. The second kappa shape index (κ2) is 6.64. The van der Waals surface area contributed by atoms with Crippen LogP contribution in [-0.2, 0) is 14.8 Å². The van der Waals surface area contributed by atoms with Crippen molar-refractivity contribution in [3.63, 3.8) is 0 Å². The number of sulfonamides is 1. The maximum absolute atomic E-state index is 12.6. The van der Waals surface area contributed by atoms with Gasteiger partial charge in [0, 0.05) is 30.2 Å². The van der Waals surface area contributed by atoms with Crippen LogP contribution in [0.25, 0.3) is 6.08 Å². The Kier molecular flexibility index (Phi) is 5.08. The summed E-state index contributed by atoms with van der Waals surface area (Å²) in [4.78, 5) is 10.7. The Labute approximate surface area is 128 Å². The fourth-order valence-electron chi connectivity index (χ4n) is 2.10. The average Bonchev–Trinajstić information content (AvgIpc) is 2.45. The van der Waals surface area contributed by atoms with Crippen LogP contribution in [0.1, 0.15) is 12.5 Å². The van der Waals surface area contributed by atoms with Crippen LogP contribution in [0.3, 0.4) is 0 Å². The van der Waals surface area contributed by atoms with Gasteiger partial charge in [0.2, 0.25) is 10.0 Å². The second-order valence-electron chi connectivity index (χ2n) is 4.79. The van der Waals surface area contributed by atoms with E-state index in [0.29, 0.717) is 18.7 Å². The average molecular weight is 327 g/mol. The fourth-order valence-corrected chi connectivity index (χ4v) is 4.91. The van der Waals surface area contributed by atoms with Crippen molar-refractivity contribution in [2.24, 2.45) is 0 Å². The molecule has 1 aliphatic heterocycles. The second-order valence-corrected chi connectivity index (χ2v) is 8.27. The van der Waals surface area contributed by atoms with E-state index in [1.165, 1.54) is 16.4 Å². The van der Waals surface area contributed by atoms with Gasteiger partial charge in [0.1, 0.15) is 0 Å². The van der Waals surface area contributed by atoms with Crippen molar-refractivity contribution in [1.29, 1.82) is 0 Å². The summed E-state index contributed by atoms with van der Waals surface area (Å²) in [6.07, 6.45) is 2.38. The fraction of sp³-hybridized carbons (Fsp3) is 0.357. The zero-order valence-corrected chi connectivity index (χ0v) is 13.2. The number of rotatable bonds is 4. The third-order valence-corrected chi connectivity index (χ3v) is 6.12. The third-order valence-electron chi connectivity index (χ3n) is 3.12.